The van der Waals surface area contributed by atoms with Gasteiger partial charge in [0.1, 0.15) is 0 Å². The van der Waals surface area contributed by atoms with Crippen LogP contribution in [0.1, 0.15) is 25.7 Å². The van der Waals surface area contributed by atoms with E-state index in [9.17, 15) is 8.78 Å². The first-order valence-electron chi connectivity index (χ1n) is 3.85. The highest BCUT2D eigenvalue weighted by molar-refractivity contribution is 4.82. The molecule has 0 aromatic rings. The van der Waals surface area contributed by atoms with Crippen molar-refractivity contribution in [2.75, 3.05) is 6.54 Å². The lowest BCUT2D eigenvalue weighted by Crippen LogP contribution is -2.27. The van der Waals surface area contributed by atoms with Crippen LogP contribution in [-0.4, -0.2) is 12.5 Å². The summed E-state index contributed by atoms with van der Waals surface area (Å²) in [6.07, 6.45) is 1.32. The van der Waals surface area contributed by atoms with Gasteiger partial charge in [0, 0.05) is 18.8 Å². The summed E-state index contributed by atoms with van der Waals surface area (Å²) >= 11 is 0. The Bertz CT molecular complexity index is 171. The Morgan fingerprint density at radius 2 is 2.27 bits per heavy atom. The molecule has 0 aliphatic heterocycles. The van der Waals surface area contributed by atoms with Crippen LogP contribution >= 0.6 is 0 Å². The highest BCUT2D eigenvalue weighted by Gasteiger charge is 2.37. The third kappa shape index (κ3) is 2.45. The van der Waals surface area contributed by atoms with Gasteiger partial charge in [-0.3, -0.25) is 0 Å². The van der Waals surface area contributed by atoms with Crippen molar-refractivity contribution < 1.29 is 8.78 Å². The zero-order chi connectivity index (χ0) is 8.32. The fraction of sp³-hybridized carbons (Fsp3) is 0.875. The van der Waals surface area contributed by atoms with E-state index < -0.39 is 5.92 Å². The van der Waals surface area contributed by atoms with E-state index >= 15 is 0 Å². The maximum atomic E-state index is 12.7. The first kappa shape index (κ1) is 8.45. The third-order valence-electron chi connectivity index (χ3n) is 2.09. The average Bonchev–Trinajstić information content (AvgIpc) is 1.85. The second-order valence-electron chi connectivity index (χ2n) is 3.16. The van der Waals surface area contributed by atoms with Crippen molar-refractivity contribution in [2.45, 2.75) is 31.6 Å². The molecule has 0 aromatic heterocycles. The number of rotatable bonds is 1. The monoisotopic (exact) mass is 159 g/mol. The van der Waals surface area contributed by atoms with Gasteiger partial charge in [-0.15, -0.1) is 0 Å². The fourth-order valence-electron chi connectivity index (χ4n) is 1.56. The summed E-state index contributed by atoms with van der Waals surface area (Å²) in [4.78, 5) is 3.14. The molecule has 0 saturated heterocycles. The average molecular weight is 159 g/mol. The highest BCUT2D eigenvalue weighted by Crippen LogP contribution is 2.36. The summed E-state index contributed by atoms with van der Waals surface area (Å²) in [5.74, 6) is -2.55. The molecular weight excluding hydrogens is 148 g/mol. The third-order valence-corrected chi connectivity index (χ3v) is 2.09. The number of hydrogen-bond donors (Lipinski definition) is 0. The molecule has 0 N–H and O–H groups in total. The van der Waals surface area contributed by atoms with Crippen LogP contribution in [0.3, 0.4) is 0 Å². The van der Waals surface area contributed by atoms with Crippen molar-refractivity contribution in [3.63, 3.8) is 0 Å². The number of hydrogen-bond acceptors (Lipinski definition) is 0. The van der Waals surface area contributed by atoms with E-state index in [1.54, 1.807) is 0 Å². The van der Waals surface area contributed by atoms with Crippen LogP contribution in [0.4, 0.5) is 8.78 Å². The van der Waals surface area contributed by atoms with Crippen molar-refractivity contribution >= 4 is 0 Å². The lowest BCUT2D eigenvalue weighted by molar-refractivity contribution is -0.0498. The molecule has 1 aliphatic carbocycles. The molecule has 1 rings (SSSR count). The summed E-state index contributed by atoms with van der Waals surface area (Å²) in [7, 11) is 0. The van der Waals surface area contributed by atoms with Crippen LogP contribution in [-0.2, 0) is 0 Å². The summed E-state index contributed by atoms with van der Waals surface area (Å²) in [6.45, 7) is 6.82. The Morgan fingerprint density at radius 3 is 2.82 bits per heavy atom. The van der Waals surface area contributed by atoms with E-state index in [1.165, 1.54) is 0 Å². The molecule has 0 aromatic carbocycles. The second-order valence-corrected chi connectivity index (χ2v) is 3.16. The van der Waals surface area contributed by atoms with Crippen LogP contribution in [0.5, 0.6) is 0 Å². The van der Waals surface area contributed by atoms with E-state index in [0.717, 1.165) is 6.42 Å². The zero-order valence-electron chi connectivity index (χ0n) is 6.32. The van der Waals surface area contributed by atoms with Gasteiger partial charge in [-0.2, -0.15) is 0 Å². The van der Waals surface area contributed by atoms with E-state index in [4.69, 9.17) is 6.57 Å². The van der Waals surface area contributed by atoms with Crippen LogP contribution in [0.15, 0.2) is 0 Å². The Morgan fingerprint density at radius 1 is 1.55 bits per heavy atom. The lowest BCUT2D eigenvalue weighted by Gasteiger charge is -2.25. The number of nitrogens with zero attached hydrogens (tertiary/aromatic N) is 1. The quantitative estimate of drug-likeness (QED) is 0.518. The topological polar surface area (TPSA) is 4.36 Å². The highest BCUT2D eigenvalue weighted by atomic mass is 19.3. The predicted octanol–water partition coefficient (Wildman–Crippen LogP) is 2.73. The van der Waals surface area contributed by atoms with E-state index in [-0.39, 0.29) is 25.3 Å². The van der Waals surface area contributed by atoms with Gasteiger partial charge in [0.25, 0.3) is 0 Å². The van der Waals surface area contributed by atoms with Gasteiger partial charge in [0.05, 0.1) is 0 Å². The minimum absolute atomic E-state index is 0.0154. The molecule has 1 atom stereocenters. The van der Waals surface area contributed by atoms with Crippen molar-refractivity contribution in [2.24, 2.45) is 5.92 Å². The van der Waals surface area contributed by atoms with Crippen molar-refractivity contribution in [1.29, 1.82) is 0 Å². The smallest absolute Gasteiger partial charge is 0.248 e. The minimum atomic E-state index is -2.49. The first-order chi connectivity index (χ1) is 5.14. The van der Waals surface area contributed by atoms with Gasteiger partial charge in [-0.25, -0.2) is 15.4 Å². The molecule has 1 unspecified atom stereocenters. The summed E-state index contributed by atoms with van der Waals surface area (Å²) in [5.41, 5.74) is 0. The van der Waals surface area contributed by atoms with Crippen LogP contribution in [0, 0.1) is 12.5 Å². The van der Waals surface area contributed by atoms with Crippen LogP contribution in [0.2, 0.25) is 0 Å². The first-order valence-corrected chi connectivity index (χ1v) is 3.85. The van der Waals surface area contributed by atoms with Crippen LogP contribution < -0.4 is 0 Å². The molecule has 0 radical (unpaired) electrons. The molecule has 0 heterocycles. The number of halogens is 2. The molecule has 3 heteroatoms. The van der Waals surface area contributed by atoms with Gasteiger partial charge in [-0.1, -0.05) is 0 Å². The van der Waals surface area contributed by atoms with Crippen molar-refractivity contribution in [1.82, 2.24) is 0 Å². The zero-order valence-corrected chi connectivity index (χ0v) is 6.32. The van der Waals surface area contributed by atoms with Gasteiger partial charge in [0.15, 0.2) is 0 Å². The maximum Gasteiger partial charge on any atom is 0.248 e. The van der Waals surface area contributed by atoms with Gasteiger partial charge < -0.3 is 4.85 Å². The molecular formula is C8H11F2N. The SMILES string of the molecule is [C-]#[N+]CC1CCCC(F)(F)C1. The Labute approximate surface area is 65.2 Å². The normalized spacial score (nSPS) is 29.4. The Balaban J connectivity index is 2.41. The van der Waals surface area contributed by atoms with E-state index in [2.05, 4.69) is 4.85 Å². The van der Waals surface area contributed by atoms with Crippen molar-refractivity contribution in [3.05, 3.63) is 11.4 Å². The molecule has 62 valence electrons. The summed E-state index contributed by atoms with van der Waals surface area (Å²) < 4.78 is 25.3. The standard InChI is InChI=1S/C8H11F2N/c1-11-6-7-3-2-4-8(9,10)5-7/h7H,2-6H2. The largest absolute Gasteiger partial charge is 0.317 e. The minimum Gasteiger partial charge on any atom is -0.317 e. The lowest BCUT2D eigenvalue weighted by atomic mass is 9.87. The fourth-order valence-corrected chi connectivity index (χ4v) is 1.56. The molecule has 0 spiro atoms. The Hall–Kier alpha value is -0.650. The molecule has 1 aliphatic rings. The van der Waals surface area contributed by atoms with E-state index in [1.807, 2.05) is 0 Å². The molecule has 1 saturated carbocycles. The van der Waals surface area contributed by atoms with Gasteiger partial charge in [0.2, 0.25) is 12.5 Å². The molecule has 0 amide bonds. The predicted molar refractivity (Wildman–Crippen MR) is 38.4 cm³/mol. The van der Waals surface area contributed by atoms with Crippen LogP contribution in [0.25, 0.3) is 4.85 Å². The molecule has 0 bridgehead atoms. The summed E-state index contributed by atoms with van der Waals surface area (Å²) in [6, 6.07) is 0. The van der Waals surface area contributed by atoms with Crippen molar-refractivity contribution in [3.8, 4) is 0 Å². The van der Waals surface area contributed by atoms with E-state index in [0.29, 0.717) is 6.42 Å². The molecule has 11 heavy (non-hydrogen) atoms. The number of alkyl halides is 2. The van der Waals surface area contributed by atoms with Gasteiger partial charge >= 0.3 is 0 Å². The second kappa shape index (κ2) is 3.17. The molecule has 1 nitrogen and oxygen atoms in total. The Kier molecular flexibility index (Phi) is 2.43. The molecule has 1 fully saturated rings. The maximum absolute atomic E-state index is 12.7. The summed E-state index contributed by atoms with van der Waals surface area (Å²) in [5, 5.41) is 0. The van der Waals surface area contributed by atoms with Gasteiger partial charge in [-0.05, 0) is 12.8 Å².